The van der Waals surface area contributed by atoms with Crippen LogP contribution in [0.4, 0.5) is 0 Å². The molecule has 4 nitrogen and oxygen atoms in total. The highest BCUT2D eigenvalue weighted by Crippen LogP contribution is 2.39. The van der Waals surface area contributed by atoms with Crippen LogP contribution in [0.15, 0.2) is 91.0 Å². The Morgan fingerprint density at radius 3 is 1.81 bits per heavy atom. The van der Waals surface area contributed by atoms with Crippen LogP contribution in [0.3, 0.4) is 0 Å². The highest BCUT2D eigenvalue weighted by molar-refractivity contribution is 6.99. The Hall–Kier alpha value is -2.73. The molecule has 1 aliphatic heterocycles. The lowest BCUT2D eigenvalue weighted by molar-refractivity contribution is -0.134. The van der Waals surface area contributed by atoms with E-state index in [1.807, 2.05) is 66.7 Å². The number of carbonyl (C=O) groups excluding carboxylic acids is 1. The van der Waals surface area contributed by atoms with Gasteiger partial charge in [0, 0.05) is 6.54 Å². The third-order valence-corrected chi connectivity index (χ3v) is 11.4. The van der Waals surface area contributed by atoms with E-state index in [4.69, 9.17) is 4.43 Å². The minimum Gasteiger partial charge on any atom is -0.399 e. The topological polar surface area (TPSA) is 49.8 Å². The number of aliphatic hydroxyl groups is 1. The Bertz CT molecular complexity index is 995. The first-order valence-corrected chi connectivity index (χ1v) is 13.0. The number of hydrogen-bond donors (Lipinski definition) is 1. The molecule has 4 rings (SSSR count). The van der Waals surface area contributed by atoms with Crippen molar-refractivity contribution in [3.8, 4) is 0 Å². The smallest absolute Gasteiger partial charge is 0.261 e. The molecule has 0 bridgehead atoms. The summed E-state index contributed by atoms with van der Waals surface area (Å²) in [5.74, 6) is -0.0794. The molecule has 1 saturated heterocycles. The maximum atomic E-state index is 12.9. The Morgan fingerprint density at radius 2 is 1.34 bits per heavy atom. The van der Waals surface area contributed by atoms with Crippen molar-refractivity contribution in [3.63, 3.8) is 0 Å². The minimum atomic E-state index is -2.85. The van der Waals surface area contributed by atoms with E-state index in [9.17, 15) is 9.90 Å². The molecule has 3 aromatic rings. The van der Waals surface area contributed by atoms with Crippen LogP contribution in [-0.2, 0) is 15.8 Å². The predicted molar refractivity (Wildman–Crippen MR) is 130 cm³/mol. The summed E-state index contributed by atoms with van der Waals surface area (Å²) >= 11 is 0. The number of hydrogen-bond acceptors (Lipinski definition) is 3. The molecule has 0 aliphatic carbocycles. The van der Waals surface area contributed by atoms with Crippen LogP contribution >= 0.6 is 0 Å². The second-order valence-corrected chi connectivity index (χ2v) is 13.7. The van der Waals surface area contributed by atoms with E-state index in [0.29, 0.717) is 6.54 Å². The summed E-state index contributed by atoms with van der Waals surface area (Å²) in [6.07, 6.45) is -1.39. The van der Waals surface area contributed by atoms with Crippen LogP contribution in [0.1, 0.15) is 32.8 Å². The summed E-state index contributed by atoms with van der Waals surface area (Å²) in [6, 6.07) is 30.4. The third-order valence-electron chi connectivity index (χ3n) is 6.29. The zero-order valence-electron chi connectivity index (χ0n) is 18.9. The molecule has 1 aliphatic rings. The Kier molecular flexibility index (Phi) is 6.33. The van der Waals surface area contributed by atoms with Gasteiger partial charge in [-0.05, 0) is 21.0 Å². The van der Waals surface area contributed by atoms with Gasteiger partial charge in [-0.15, -0.1) is 0 Å². The summed E-state index contributed by atoms with van der Waals surface area (Å²) in [6.45, 7) is 6.97. The largest absolute Gasteiger partial charge is 0.399 e. The van der Waals surface area contributed by atoms with Crippen molar-refractivity contribution < 1.29 is 14.3 Å². The molecule has 0 saturated carbocycles. The highest BCUT2D eigenvalue weighted by Gasteiger charge is 2.54. The van der Waals surface area contributed by atoms with Gasteiger partial charge in [-0.2, -0.15) is 0 Å². The van der Waals surface area contributed by atoms with Gasteiger partial charge < -0.3 is 14.4 Å². The van der Waals surface area contributed by atoms with E-state index in [1.165, 1.54) is 4.90 Å². The number of rotatable bonds is 6. The van der Waals surface area contributed by atoms with Gasteiger partial charge in [0.25, 0.3) is 8.32 Å². The Morgan fingerprint density at radius 1 is 0.875 bits per heavy atom. The SMILES string of the molecule is CC(C)(C)[Si](O[C@H]1CC(=O)N(Cc2ccccc2)[C@@H]1O)(c1ccccc1)c1ccccc1. The van der Waals surface area contributed by atoms with E-state index in [0.717, 1.165) is 15.9 Å². The van der Waals surface area contributed by atoms with Crippen LogP contribution in [-0.4, -0.2) is 36.6 Å². The lowest BCUT2D eigenvalue weighted by atomic mass is 10.2. The third kappa shape index (κ3) is 4.16. The first-order valence-electron chi connectivity index (χ1n) is 11.1. The van der Waals surface area contributed by atoms with Crippen LogP contribution in [0.2, 0.25) is 5.04 Å². The quantitative estimate of drug-likeness (QED) is 0.589. The van der Waals surface area contributed by atoms with Gasteiger partial charge in [0.05, 0.1) is 12.5 Å². The standard InChI is InChI=1S/C27H31NO3Si/c1-27(2,3)32(22-15-9-5-10-16-22,23-17-11-6-12-18-23)31-24-19-25(29)28(26(24)30)20-21-13-7-4-8-14-21/h4-18,24,26,30H,19-20H2,1-3H3/t24-,26+/m0/s1. The average Bonchev–Trinajstić information content (AvgIpc) is 3.06. The second-order valence-electron chi connectivity index (χ2n) is 9.44. The summed E-state index contributed by atoms with van der Waals surface area (Å²) in [7, 11) is -2.85. The van der Waals surface area contributed by atoms with Crippen molar-refractivity contribution >= 4 is 24.6 Å². The molecule has 0 radical (unpaired) electrons. The van der Waals surface area contributed by atoms with E-state index >= 15 is 0 Å². The fourth-order valence-electron chi connectivity index (χ4n) is 4.73. The molecule has 5 heteroatoms. The minimum absolute atomic E-state index is 0.0794. The molecular formula is C27H31NO3Si. The first-order chi connectivity index (χ1) is 15.3. The monoisotopic (exact) mass is 445 g/mol. The van der Waals surface area contributed by atoms with Gasteiger partial charge in [0.1, 0.15) is 0 Å². The van der Waals surface area contributed by atoms with E-state index < -0.39 is 20.6 Å². The summed E-state index contributed by atoms with van der Waals surface area (Å²) in [5.41, 5.74) is 0.992. The fourth-order valence-corrected chi connectivity index (χ4v) is 9.40. The molecule has 1 heterocycles. The van der Waals surface area contributed by atoms with Crippen molar-refractivity contribution in [3.05, 3.63) is 96.6 Å². The number of nitrogens with zero attached hydrogens (tertiary/aromatic N) is 1. The number of benzene rings is 3. The molecular weight excluding hydrogens is 414 g/mol. The van der Waals surface area contributed by atoms with Crippen LogP contribution in [0, 0.1) is 0 Å². The fraction of sp³-hybridized carbons (Fsp3) is 0.296. The molecule has 1 amide bonds. The van der Waals surface area contributed by atoms with Gasteiger partial charge in [-0.3, -0.25) is 4.79 Å². The van der Waals surface area contributed by atoms with Gasteiger partial charge in [0.2, 0.25) is 5.91 Å². The molecule has 0 unspecified atom stereocenters. The molecule has 3 aromatic carbocycles. The van der Waals surface area contributed by atoms with E-state index in [1.54, 1.807) is 0 Å². The molecule has 2 atom stereocenters. The molecule has 166 valence electrons. The molecule has 1 fully saturated rings. The Labute approximate surface area is 191 Å². The van der Waals surface area contributed by atoms with E-state index in [-0.39, 0.29) is 17.4 Å². The number of aliphatic hydroxyl groups excluding tert-OH is 1. The lowest BCUT2D eigenvalue weighted by Crippen LogP contribution is -2.68. The summed E-state index contributed by atoms with van der Waals surface area (Å²) in [5, 5.41) is 13.3. The van der Waals surface area contributed by atoms with Gasteiger partial charge >= 0.3 is 0 Å². The zero-order valence-corrected chi connectivity index (χ0v) is 19.9. The van der Waals surface area contributed by atoms with Gasteiger partial charge in [0.15, 0.2) is 6.23 Å². The molecule has 0 aromatic heterocycles. The van der Waals surface area contributed by atoms with Crippen molar-refractivity contribution in [2.45, 2.75) is 51.1 Å². The van der Waals surface area contributed by atoms with E-state index in [2.05, 4.69) is 45.0 Å². The Balaban J connectivity index is 1.73. The van der Waals surface area contributed by atoms with Crippen LogP contribution in [0.5, 0.6) is 0 Å². The lowest BCUT2D eigenvalue weighted by Gasteiger charge is -2.45. The van der Waals surface area contributed by atoms with Crippen LogP contribution in [0.25, 0.3) is 0 Å². The average molecular weight is 446 g/mol. The maximum Gasteiger partial charge on any atom is 0.261 e. The number of amides is 1. The van der Waals surface area contributed by atoms with Crippen molar-refractivity contribution in [1.29, 1.82) is 0 Å². The highest BCUT2D eigenvalue weighted by atomic mass is 28.4. The zero-order chi connectivity index (χ0) is 22.8. The summed E-state index contributed by atoms with van der Waals surface area (Å²) in [4.78, 5) is 14.4. The summed E-state index contributed by atoms with van der Waals surface area (Å²) < 4.78 is 7.01. The number of carbonyl (C=O) groups is 1. The maximum absolute atomic E-state index is 12.9. The first kappa shape index (κ1) is 22.5. The van der Waals surface area contributed by atoms with Crippen molar-refractivity contribution in [1.82, 2.24) is 4.90 Å². The van der Waals surface area contributed by atoms with Crippen LogP contribution < -0.4 is 10.4 Å². The number of likely N-dealkylation sites (tertiary alicyclic amines) is 1. The normalized spacial score (nSPS) is 19.4. The van der Waals surface area contributed by atoms with Crippen molar-refractivity contribution in [2.24, 2.45) is 0 Å². The molecule has 1 N–H and O–H groups in total. The molecule has 32 heavy (non-hydrogen) atoms. The molecule has 0 spiro atoms. The van der Waals surface area contributed by atoms with Gasteiger partial charge in [-0.25, -0.2) is 0 Å². The van der Waals surface area contributed by atoms with Crippen molar-refractivity contribution in [2.75, 3.05) is 0 Å². The second kappa shape index (κ2) is 9.02. The predicted octanol–water partition coefficient (Wildman–Crippen LogP) is 3.68. The van der Waals surface area contributed by atoms with Gasteiger partial charge in [-0.1, -0.05) is 112 Å².